The highest BCUT2D eigenvalue weighted by Gasteiger charge is 2.12. The SMILES string of the molecule is Cc1c(Br)cccc1-n1c(=S)[nH]c2cc(F)c(Br)cc21. The molecule has 2 aromatic carbocycles. The van der Waals surface area contributed by atoms with Crippen LogP contribution in [0.5, 0.6) is 0 Å². The Bertz CT molecular complexity index is 883. The third-order valence-corrected chi connectivity index (χ3v) is 4.96. The van der Waals surface area contributed by atoms with E-state index in [1.54, 1.807) is 6.07 Å². The van der Waals surface area contributed by atoms with Gasteiger partial charge in [0.15, 0.2) is 4.77 Å². The van der Waals surface area contributed by atoms with Crippen molar-refractivity contribution >= 4 is 55.1 Å². The Kier molecular flexibility index (Phi) is 3.56. The summed E-state index contributed by atoms with van der Waals surface area (Å²) in [7, 11) is 0. The standard InChI is InChI=1S/C14H9Br2FN2S/c1-7-8(15)3-2-4-12(7)19-13-5-9(16)10(17)6-11(13)18-14(19)20/h2-6H,1H3,(H,18,20). The fourth-order valence-corrected chi connectivity index (χ4v) is 3.17. The van der Waals surface area contributed by atoms with Crippen molar-refractivity contribution in [3.8, 4) is 5.69 Å². The predicted octanol–water partition coefficient (Wildman–Crippen LogP) is 5.66. The first-order chi connectivity index (χ1) is 9.49. The van der Waals surface area contributed by atoms with Gasteiger partial charge in [-0.1, -0.05) is 22.0 Å². The van der Waals surface area contributed by atoms with Crippen LogP contribution in [0.3, 0.4) is 0 Å². The molecule has 0 aliphatic heterocycles. The minimum Gasteiger partial charge on any atom is -0.330 e. The van der Waals surface area contributed by atoms with E-state index in [-0.39, 0.29) is 5.82 Å². The summed E-state index contributed by atoms with van der Waals surface area (Å²) in [6.45, 7) is 2.01. The zero-order chi connectivity index (χ0) is 14.4. The molecule has 20 heavy (non-hydrogen) atoms. The van der Waals surface area contributed by atoms with Gasteiger partial charge < -0.3 is 4.98 Å². The molecule has 0 spiro atoms. The van der Waals surface area contributed by atoms with Crippen LogP contribution in [0, 0.1) is 17.5 Å². The molecule has 2 nitrogen and oxygen atoms in total. The topological polar surface area (TPSA) is 20.7 Å². The Balaban J connectivity index is 2.42. The first-order valence-electron chi connectivity index (χ1n) is 5.84. The normalized spacial score (nSPS) is 11.2. The van der Waals surface area contributed by atoms with Crippen molar-refractivity contribution in [3.05, 3.63) is 55.4 Å². The maximum absolute atomic E-state index is 13.6. The number of H-pyrrole nitrogens is 1. The van der Waals surface area contributed by atoms with Crippen LogP contribution in [0.2, 0.25) is 0 Å². The summed E-state index contributed by atoms with van der Waals surface area (Å²) in [5.74, 6) is -0.313. The summed E-state index contributed by atoms with van der Waals surface area (Å²) < 4.78 is 17.5. The van der Waals surface area contributed by atoms with E-state index < -0.39 is 0 Å². The minimum atomic E-state index is -0.313. The van der Waals surface area contributed by atoms with E-state index in [2.05, 4.69) is 36.8 Å². The maximum atomic E-state index is 13.6. The van der Waals surface area contributed by atoms with Crippen molar-refractivity contribution in [2.24, 2.45) is 0 Å². The summed E-state index contributed by atoms with van der Waals surface area (Å²) >= 11 is 12.1. The summed E-state index contributed by atoms with van der Waals surface area (Å²) in [6.07, 6.45) is 0. The second-order valence-corrected chi connectivity index (χ2v) is 6.53. The molecule has 0 bridgehead atoms. The van der Waals surface area contributed by atoms with Gasteiger partial charge in [0.05, 0.1) is 21.2 Å². The summed E-state index contributed by atoms with van der Waals surface area (Å²) in [5.41, 5.74) is 3.55. The van der Waals surface area contributed by atoms with Crippen LogP contribution in [0.25, 0.3) is 16.7 Å². The van der Waals surface area contributed by atoms with Crippen molar-refractivity contribution in [1.82, 2.24) is 9.55 Å². The average Bonchev–Trinajstić information content (AvgIpc) is 2.69. The van der Waals surface area contributed by atoms with Crippen LogP contribution in [0.4, 0.5) is 4.39 Å². The second-order valence-electron chi connectivity index (χ2n) is 4.43. The molecular weight excluding hydrogens is 407 g/mol. The van der Waals surface area contributed by atoms with E-state index in [1.165, 1.54) is 6.07 Å². The molecule has 6 heteroatoms. The lowest BCUT2D eigenvalue weighted by Crippen LogP contribution is -1.97. The van der Waals surface area contributed by atoms with Gasteiger partial charge in [-0.3, -0.25) is 4.57 Å². The number of aromatic nitrogens is 2. The zero-order valence-electron chi connectivity index (χ0n) is 10.4. The molecule has 0 atom stereocenters. The van der Waals surface area contributed by atoms with Gasteiger partial charge >= 0.3 is 0 Å². The lowest BCUT2D eigenvalue weighted by Gasteiger charge is -2.10. The smallest absolute Gasteiger partial charge is 0.182 e. The number of hydrogen-bond donors (Lipinski definition) is 1. The largest absolute Gasteiger partial charge is 0.330 e. The molecule has 3 aromatic rings. The van der Waals surface area contributed by atoms with E-state index in [9.17, 15) is 4.39 Å². The van der Waals surface area contributed by atoms with Gasteiger partial charge in [-0.2, -0.15) is 0 Å². The molecule has 0 saturated heterocycles. The van der Waals surface area contributed by atoms with Crippen LogP contribution >= 0.6 is 44.1 Å². The molecule has 3 rings (SSSR count). The molecule has 102 valence electrons. The van der Waals surface area contributed by atoms with Crippen LogP contribution < -0.4 is 0 Å². The number of nitrogens with zero attached hydrogens (tertiary/aromatic N) is 1. The fraction of sp³-hybridized carbons (Fsp3) is 0.0714. The first kappa shape index (κ1) is 14.0. The van der Waals surface area contributed by atoms with Gasteiger partial charge in [0.2, 0.25) is 0 Å². The van der Waals surface area contributed by atoms with Crippen LogP contribution in [0.1, 0.15) is 5.56 Å². The van der Waals surface area contributed by atoms with Crippen molar-refractivity contribution < 1.29 is 4.39 Å². The molecule has 0 fully saturated rings. The Hall–Kier alpha value is -0.980. The Morgan fingerprint density at radius 3 is 2.70 bits per heavy atom. The highest BCUT2D eigenvalue weighted by molar-refractivity contribution is 9.10. The molecular formula is C14H9Br2FN2S. The quantitative estimate of drug-likeness (QED) is 0.508. The summed E-state index contributed by atoms with van der Waals surface area (Å²) in [4.78, 5) is 3.04. The van der Waals surface area contributed by atoms with Gasteiger partial charge in [0.25, 0.3) is 0 Å². The van der Waals surface area contributed by atoms with E-state index in [4.69, 9.17) is 12.2 Å². The molecule has 0 saturated carbocycles. The van der Waals surface area contributed by atoms with E-state index in [0.29, 0.717) is 14.8 Å². The molecule has 1 aromatic heterocycles. The number of imidazole rings is 1. The van der Waals surface area contributed by atoms with Crippen molar-refractivity contribution in [3.63, 3.8) is 0 Å². The Morgan fingerprint density at radius 1 is 1.20 bits per heavy atom. The summed E-state index contributed by atoms with van der Waals surface area (Å²) in [5, 5.41) is 0. The third-order valence-electron chi connectivity index (χ3n) is 3.20. The van der Waals surface area contributed by atoms with Gasteiger partial charge in [-0.05, 0) is 58.8 Å². The molecule has 0 aliphatic rings. The molecule has 1 N–H and O–H groups in total. The van der Waals surface area contributed by atoms with E-state index >= 15 is 0 Å². The zero-order valence-corrected chi connectivity index (χ0v) is 14.4. The third kappa shape index (κ3) is 2.16. The monoisotopic (exact) mass is 414 g/mol. The lowest BCUT2D eigenvalue weighted by molar-refractivity contribution is 0.623. The first-order valence-corrected chi connectivity index (χ1v) is 7.83. The minimum absolute atomic E-state index is 0.313. The van der Waals surface area contributed by atoms with Gasteiger partial charge in [0.1, 0.15) is 5.82 Å². The van der Waals surface area contributed by atoms with Gasteiger partial charge in [0, 0.05) is 10.5 Å². The molecule has 0 amide bonds. The Morgan fingerprint density at radius 2 is 1.95 bits per heavy atom. The average molecular weight is 416 g/mol. The van der Waals surface area contributed by atoms with E-state index in [0.717, 1.165) is 21.2 Å². The fourth-order valence-electron chi connectivity index (χ4n) is 2.18. The number of halogens is 3. The predicted molar refractivity (Wildman–Crippen MR) is 88.6 cm³/mol. The van der Waals surface area contributed by atoms with Crippen molar-refractivity contribution in [1.29, 1.82) is 0 Å². The lowest BCUT2D eigenvalue weighted by atomic mass is 10.2. The molecule has 0 unspecified atom stereocenters. The van der Waals surface area contributed by atoms with E-state index in [1.807, 2.05) is 29.7 Å². The number of fused-ring (bicyclic) bond motifs is 1. The number of rotatable bonds is 1. The van der Waals surface area contributed by atoms with Crippen LogP contribution in [-0.2, 0) is 0 Å². The molecule has 1 heterocycles. The highest BCUT2D eigenvalue weighted by atomic mass is 79.9. The van der Waals surface area contributed by atoms with Crippen LogP contribution in [-0.4, -0.2) is 9.55 Å². The van der Waals surface area contributed by atoms with Crippen molar-refractivity contribution in [2.45, 2.75) is 6.92 Å². The maximum Gasteiger partial charge on any atom is 0.182 e. The number of benzene rings is 2. The number of nitrogens with one attached hydrogen (secondary N) is 1. The number of aromatic amines is 1. The Labute approximate surface area is 136 Å². The van der Waals surface area contributed by atoms with Crippen molar-refractivity contribution in [2.75, 3.05) is 0 Å². The molecule has 0 radical (unpaired) electrons. The molecule has 0 aliphatic carbocycles. The van der Waals surface area contributed by atoms with Crippen LogP contribution in [0.15, 0.2) is 39.3 Å². The highest BCUT2D eigenvalue weighted by Crippen LogP contribution is 2.29. The van der Waals surface area contributed by atoms with Gasteiger partial charge in [-0.15, -0.1) is 0 Å². The summed E-state index contributed by atoms with van der Waals surface area (Å²) in [6, 6.07) is 9.09. The number of hydrogen-bond acceptors (Lipinski definition) is 1. The van der Waals surface area contributed by atoms with Gasteiger partial charge in [-0.25, -0.2) is 4.39 Å². The second kappa shape index (κ2) is 5.09.